The number of ketones is 1. The molecule has 3 aromatic heterocycles. The number of nitrogens with one attached hydrogen (secondary N) is 2. The molecule has 34 heavy (non-hydrogen) atoms. The van der Waals surface area contributed by atoms with Gasteiger partial charge in [-0.2, -0.15) is 5.10 Å². The molecule has 0 unspecified atom stereocenters. The summed E-state index contributed by atoms with van der Waals surface area (Å²) in [5.41, 5.74) is 1.98. The number of nitrogens with zero attached hydrogens (tertiary/aromatic N) is 3. The fraction of sp³-hybridized carbons (Fsp3) is 0.120. The lowest BCUT2D eigenvalue weighted by atomic mass is 10.1. The molecule has 7 nitrogen and oxygen atoms in total. The molecule has 0 aliphatic rings. The minimum absolute atomic E-state index is 0.0559. The van der Waals surface area contributed by atoms with E-state index in [9.17, 15) is 18.4 Å². The van der Waals surface area contributed by atoms with Gasteiger partial charge in [-0.15, -0.1) is 0 Å². The van der Waals surface area contributed by atoms with Crippen molar-refractivity contribution in [2.75, 3.05) is 5.32 Å². The topological polar surface area (TPSA) is 92.7 Å². The van der Waals surface area contributed by atoms with E-state index in [1.165, 1.54) is 10.7 Å². The highest BCUT2D eigenvalue weighted by Crippen LogP contribution is 2.29. The maximum Gasteiger partial charge on any atom is 0.257 e. The number of aromatic amines is 1. The summed E-state index contributed by atoms with van der Waals surface area (Å²) in [5, 5.41) is 9.73. The van der Waals surface area contributed by atoms with Crippen molar-refractivity contribution in [3.63, 3.8) is 0 Å². The molecule has 170 valence electrons. The highest BCUT2D eigenvalue weighted by atomic mass is 19.2. The summed E-state index contributed by atoms with van der Waals surface area (Å²) in [4.78, 5) is 32.2. The van der Waals surface area contributed by atoms with Gasteiger partial charge in [-0.25, -0.2) is 18.4 Å². The molecule has 0 spiro atoms. The molecule has 0 saturated carbocycles. The normalized spacial score (nSPS) is 11.3. The molecule has 0 fully saturated rings. The third-order valence-corrected chi connectivity index (χ3v) is 5.50. The predicted octanol–water partition coefficient (Wildman–Crippen LogP) is 4.41. The molecule has 5 rings (SSSR count). The molecule has 0 aliphatic heterocycles. The Labute approximate surface area is 192 Å². The molecule has 3 heterocycles. The van der Waals surface area contributed by atoms with Crippen LogP contribution in [-0.2, 0) is 17.8 Å². The van der Waals surface area contributed by atoms with Gasteiger partial charge < -0.3 is 10.3 Å². The second-order valence-corrected chi connectivity index (χ2v) is 8.00. The number of hydrogen-bond acceptors (Lipinski definition) is 5. The van der Waals surface area contributed by atoms with Crippen molar-refractivity contribution >= 4 is 39.1 Å². The van der Waals surface area contributed by atoms with Gasteiger partial charge in [0.25, 0.3) is 5.56 Å². The fourth-order valence-electron chi connectivity index (χ4n) is 4.01. The third-order valence-electron chi connectivity index (χ3n) is 5.50. The molecule has 5 aromatic rings. The molecule has 0 atom stereocenters. The van der Waals surface area contributed by atoms with Crippen LogP contribution in [-0.4, -0.2) is 25.5 Å². The average molecular weight is 459 g/mol. The number of benzene rings is 2. The highest BCUT2D eigenvalue weighted by Gasteiger charge is 2.15. The fourth-order valence-corrected chi connectivity index (χ4v) is 4.01. The van der Waals surface area contributed by atoms with Gasteiger partial charge in [0.15, 0.2) is 17.4 Å². The van der Waals surface area contributed by atoms with Gasteiger partial charge in [0, 0.05) is 34.8 Å². The van der Waals surface area contributed by atoms with Crippen LogP contribution in [0.1, 0.15) is 11.3 Å². The monoisotopic (exact) mass is 459 g/mol. The van der Waals surface area contributed by atoms with E-state index in [0.29, 0.717) is 33.8 Å². The summed E-state index contributed by atoms with van der Waals surface area (Å²) in [6.07, 6.45) is 1.52. The Hall–Kier alpha value is -4.40. The van der Waals surface area contributed by atoms with Crippen molar-refractivity contribution in [3.8, 4) is 0 Å². The summed E-state index contributed by atoms with van der Waals surface area (Å²) in [6.45, 7) is 1.74. The first kappa shape index (κ1) is 21.4. The lowest BCUT2D eigenvalue weighted by Crippen LogP contribution is -2.16. The van der Waals surface area contributed by atoms with Gasteiger partial charge in [-0.05, 0) is 36.8 Å². The van der Waals surface area contributed by atoms with Crippen molar-refractivity contribution in [1.29, 1.82) is 0 Å². The number of aromatic nitrogens is 4. The molecule has 0 amide bonds. The lowest BCUT2D eigenvalue weighted by Gasteiger charge is -2.13. The van der Waals surface area contributed by atoms with Gasteiger partial charge in [0.1, 0.15) is 18.0 Å². The maximum absolute atomic E-state index is 13.5. The Morgan fingerprint density at radius 1 is 1.06 bits per heavy atom. The second kappa shape index (κ2) is 8.51. The van der Waals surface area contributed by atoms with Crippen LogP contribution < -0.4 is 10.9 Å². The van der Waals surface area contributed by atoms with Crippen molar-refractivity contribution in [3.05, 3.63) is 94.0 Å². The molecule has 0 saturated heterocycles. The number of carbonyl (C=O) groups excluding carboxylic acids is 1. The largest absolute Gasteiger partial charge is 0.340 e. The summed E-state index contributed by atoms with van der Waals surface area (Å²) in [5.74, 6) is -1.59. The summed E-state index contributed by atoms with van der Waals surface area (Å²) in [6, 6.07) is 14.2. The highest BCUT2D eigenvalue weighted by molar-refractivity contribution is 6.10. The zero-order valence-electron chi connectivity index (χ0n) is 18.1. The number of fused-ring (bicyclic) bond motifs is 3. The zero-order chi connectivity index (χ0) is 23.8. The average Bonchev–Trinajstić information content (AvgIpc) is 3.14. The van der Waals surface area contributed by atoms with E-state index in [0.717, 1.165) is 22.9 Å². The Morgan fingerprint density at radius 2 is 1.85 bits per heavy atom. The Kier molecular flexibility index (Phi) is 5.37. The van der Waals surface area contributed by atoms with Crippen molar-refractivity contribution < 1.29 is 13.6 Å². The molecule has 0 aliphatic carbocycles. The van der Waals surface area contributed by atoms with E-state index in [1.807, 2.05) is 12.1 Å². The first-order valence-electron chi connectivity index (χ1n) is 10.6. The molecule has 2 aromatic carbocycles. The number of pyridine rings is 2. The minimum atomic E-state index is -0.988. The predicted molar refractivity (Wildman–Crippen MR) is 125 cm³/mol. The molecule has 2 N–H and O–H groups in total. The minimum Gasteiger partial charge on any atom is -0.340 e. The van der Waals surface area contributed by atoms with Crippen LogP contribution in [0.25, 0.3) is 21.8 Å². The van der Waals surface area contributed by atoms with Crippen LogP contribution in [0.3, 0.4) is 0 Å². The standard InChI is InChI=1S/C25H19F2N5O2/c1-14-10-22(32(31-14)13-16(33)11-15-6-7-19(26)20(27)12-15)29-21-8-9-28-24-23(21)17-4-2-3-5-18(17)25(34)30-24/h2-10,12H,11,13H2,1H3,(H2,28,29,30,34). The van der Waals surface area contributed by atoms with Crippen molar-refractivity contribution in [1.82, 2.24) is 19.7 Å². The molecule has 9 heteroatoms. The van der Waals surface area contributed by atoms with E-state index in [4.69, 9.17) is 0 Å². The van der Waals surface area contributed by atoms with Gasteiger partial charge in [-0.1, -0.05) is 24.3 Å². The Morgan fingerprint density at radius 3 is 2.65 bits per heavy atom. The Balaban J connectivity index is 1.47. The van der Waals surface area contributed by atoms with E-state index in [1.54, 1.807) is 37.4 Å². The lowest BCUT2D eigenvalue weighted by molar-refractivity contribution is -0.119. The number of Topliss-reactive ketones (excluding diaryl/α,β-unsaturated/α-hetero) is 1. The van der Waals surface area contributed by atoms with Gasteiger partial charge in [-0.3, -0.25) is 9.59 Å². The number of halogens is 2. The van der Waals surface area contributed by atoms with Crippen LogP contribution in [0.15, 0.2) is 65.6 Å². The van der Waals surface area contributed by atoms with Crippen LogP contribution in [0.2, 0.25) is 0 Å². The second-order valence-electron chi connectivity index (χ2n) is 8.00. The number of hydrogen-bond donors (Lipinski definition) is 2. The number of H-pyrrole nitrogens is 1. The van der Waals surface area contributed by atoms with Crippen molar-refractivity contribution in [2.45, 2.75) is 19.9 Å². The van der Waals surface area contributed by atoms with E-state index in [-0.39, 0.29) is 24.3 Å². The molecule has 0 bridgehead atoms. The Bertz CT molecular complexity index is 1620. The summed E-state index contributed by atoms with van der Waals surface area (Å²) < 4.78 is 28.2. The SMILES string of the molecule is Cc1cc(Nc2ccnc3[nH]c(=O)c4ccccc4c23)n(CC(=O)Cc2ccc(F)c(F)c2)n1. The van der Waals surface area contributed by atoms with Crippen LogP contribution >= 0.6 is 0 Å². The third kappa shape index (κ3) is 4.03. The molecular weight excluding hydrogens is 440 g/mol. The number of anilines is 2. The summed E-state index contributed by atoms with van der Waals surface area (Å²) >= 11 is 0. The first-order valence-corrected chi connectivity index (χ1v) is 10.6. The number of aryl methyl sites for hydroxylation is 1. The summed E-state index contributed by atoms with van der Waals surface area (Å²) in [7, 11) is 0. The van der Waals surface area contributed by atoms with E-state index >= 15 is 0 Å². The van der Waals surface area contributed by atoms with Gasteiger partial charge >= 0.3 is 0 Å². The number of rotatable bonds is 6. The van der Waals surface area contributed by atoms with Crippen molar-refractivity contribution in [2.24, 2.45) is 0 Å². The van der Waals surface area contributed by atoms with Crippen LogP contribution in [0.5, 0.6) is 0 Å². The van der Waals surface area contributed by atoms with Crippen LogP contribution in [0, 0.1) is 18.6 Å². The zero-order valence-corrected chi connectivity index (χ0v) is 18.1. The smallest absolute Gasteiger partial charge is 0.257 e. The molecular formula is C25H19F2N5O2. The quantitative estimate of drug-likeness (QED) is 0.367. The number of carbonyl (C=O) groups is 1. The molecule has 0 radical (unpaired) electrons. The first-order chi connectivity index (χ1) is 16.4. The van der Waals surface area contributed by atoms with E-state index < -0.39 is 11.6 Å². The van der Waals surface area contributed by atoms with Gasteiger partial charge in [0.2, 0.25) is 0 Å². The maximum atomic E-state index is 13.5. The van der Waals surface area contributed by atoms with Gasteiger partial charge in [0.05, 0.1) is 11.4 Å². The van der Waals surface area contributed by atoms with E-state index in [2.05, 4.69) is 20.4 Å². The van der Waals surface area contributed by atoms with Crippen LogP contribution in [0.4, 0.5) is 20.3 Å².